The third-order valence-corrected chi connectivity index (χ3v) is 4.16. The Bertz CT molecular complexity index is 462. The van der Waals surface area contributed by atoms with Crippen molar-refractivity contribution in [3.63, 3.8) is 0 Å². The van der Waals surface area contributed by atoms with Crippen LogP contribution in [0.1, 0.15) is 24.4 Å². The van der Waals surface area contributed by atoms with Gasteiger partial charge in [-0.15, -0.1) is 0 Å². The summed E-state index contributed by atoms with van der Waals surface area (Å²) >= 11 is 2.24. The molecule has 0 spiro atoms. The first-order valence-electron chi connectivity index (χ1n) is 5.31. The summed E-state index contributed by atoms with van der Waals surface area (Å²) in [4.78, 5) is 0. The van der Waals surface area contributed by atoms with Gasteiger partial charge in [0.25, 0.3) is 0 Å². The van der Waals surface area contributed by atoms with Gasteiger partial charge in [0.1, 0.15) is 9.84 Å². The van der Waals surface area contributed by atoms with E-state index >= 15 is 0 Å². The lowest BCUT2D eigenvalue weighted by Gasteiger charge is -2.16. The normalized spacial score (nSPS) is 13.6. The molecule has 96 valence electrons. The molecule has 0 aliphatic carbocycles. The van der Waals surface area contributed by atoms with E-state index in [0.717, 1.165) is 9.13 Å². The lowest BCUT2D eigenvalue weighted by molar-refractivity contribution is 0.507. The van der Waals surface area contributed by atoms with Crippen LogP contribution in [-0.4, -0.2) is 20.4 Å². The molecule has 0 heterocycles. The van der Waals surface area contributed by atoms with E-state index in [1.54, 1.807) is 0 Å². The topological polar surface area (TPSA) is 72.2 Å². The minimum Gasteiger partial charge on any atom is -0.271 e. The molecule has 1 aromatic carbocycles. The number of rotatable bonds is 6. The largest absolute Gasteiger partial charge is 0.271 e. The van der Waals surface area contributed by atoms with Crippen molar-refractivity contribution in [3.05, 3.63) is 33.4 Å². The molecule has 6 heteroatoms. The highest BCUT2D eigenvalue weighted by molar-refractivity contribution is 14.1. The second-order valence-electron chi connectivity index (χ2n) is 4.05. The van der Waals surface area contributed by atoms with Crippen molar-refractivity contribution in [2.75, 3.05) is 12.0 Å². The van der Waals surface area contributed by atoms with Crippen LogP contribution in [0.5, 0.6) is 0 Å². The summed E-state index contributed by atoms with van der Waals surface area (Å²) in [5.74, 6) is 5.71. The number of sulfone groups is 1. The molecule has 0 aliphatic heterocycles. The molecule has 0 fully saturated rings. The van der Waals surface area contributed by atoms with Gasteiger partial charge in [0.2, 0.25) is 0 Å². The fourth-order valence-electron chi connectivity index (χ4n) is 1.62. The molecule has 4 nitrogen and oxygen atoms in total. The summed E-state index contributed by atoms with van der Waals surface area (Å²) in [6, 6.07) is 8.02. The quantitative estimate of drug-likeness (QED) is 0.455. The molecule has 1 rings (SSSR count). The molecule has 1 aromatic rings. The summed E-state index contributed by atoms with van der Waals surface area (Å²) in [6.45, 7) is 0. The number of nitrogens with two attached hydrogens (primary N) is 1. The molecule has 17 heavy (non-hydrogen) atoms. The van der Waals surface area contributed by atoms with Crippen molar-refractivity contribution < 1.29 is 8.42 Å². The molecule has 0 radical (unpaired) electrons. The summed E-state index contributed by atoms with van der Waals surface area (Å²) in [6.07, 6.45) is 2.58. The number of halogens is 1. The molecular weight excluding hydrogens is 351 g/mol. The van der Waals surface area contributed by atoms with Crippen molar-refractivity contribution in [2.24, 2.45) is 5.84 Å². The van der Waals surface area contributed by atoms with E-state index in [4.69, 9.17) is 5.84 Å². The van der Waals surface area contributed by atoms with Gasteiger partial charge < -0.3 is 0 Å². The van der Waals surface area contributed by atoms with Crippen LogP contribution in [0, 0.1) is 3.57 Å². The van der Waals surface area contributed by atoms with E-state index < -0.39 is 9.84 Å². The zero-order valence-electron chi connectivity index (χ0n) is 9.69. The highest BCUT2D eigenvalue weighted by Gasteiger charge is 2.11. The molecule has 0 aliphatic rings. The summed E-state index contributed by atoms with van der Waals surface area (Å²) in [5, 5.41) is 0. The van der Waals surface area contributed by atoms with E-state index in [0.29, 0.717) is 12.8 Å². The number of hydrogen-bond donors (Lipinski definition) is 2. The molecule has 0 amide bonds. The minimum absolute atomic E-state index is 0.00599. The molecule has 0 saturated carbocycles. The predicted octanol–water partition coefficient (Wildman–Crippen LogP) is 1.62. The summed E-state index contributed by atoms with van der Waals surface area (Å²) in [7, 11) is -2.89. The first-order chi connectivity index (χ1) is 7.92. The molecule has 3 N–H and O–H groups in total. The second-order valence-corrected chi connectivity index (χ2v) is 7.55. The smallest absolute Gasteiger partial charge is 0.147 e. The van der Waals surface area contributed by atoms with Crippen molar-refractivity contribution in [3.8, 4) is 0 Å². The fraction of sp³-hybridized carbons (Fsp3) is 0.455. The number of hydrazine groups is 1. The van der Waals surface area contributed by atoms with Crippen molar-refractivity contribution >= 4 is 32.4 Å². The number of benzene rings is 1. The lowest BCUT2D eigenvalue weighted by Crippen LogP contribution is -2.28. The molecular formula is C11H17IN2O2S. The predicted molar refractivity (Wildman–Crippen MR) is 78.2 cm³/mol. The first-order valence-corrected chi connectivity index (χ1v) is 8.45. The van der Waals surface area contributed by atoms with Crippen molar-refractivity contribution in [1.29, 1.82) is 0 Å². The Hall–Kier alpha value is -0.180. The Balaban J connectivity index is 2.60. The van der Waals surface area contributed by atoms with Gasteiger partial charge >= 0.3 is 0 Å². The van der Waals surface area contributed by atoms with Crippen LogP contribution >= 0.6 is 22.6 Å². The summed E-state index contributed by atoms with van der Waals surface area (Å²) in [5.41, 5.74) is 3.82. The Morgan fingerprint density at radius 2 is 2.18 bits per heavy atom. The van der Waals surface area contributed by atoms with E-state index in [1.807, 2.05) is 24.3 Å². The average Bonchev–Trinajstić information content (AvgIpc) is 2.23. The molecule has 0 aromatic heterocycles. The molecule has 0 saturated heterocycles. The van der Waals surface area contributed by atoms with Crippen molar-refractivity contribution in [2.45, 2.75) is 18.9 Å². The van der Waals surface area contributed by atoms with E-state index in [-0.39, 0.29) is 11.8 Å². The third-order valence-electron chi connectivity index (χ3n) is 2.46. The van der Waals surface area contributed by atoms with Crippen LogP contribution in [0.15, 0.2) is 24.3 Å². The molecule has 1 unspecified atom stereocenters. The molecule has 0 bridgehead atoms. The van der Waals surface area contributed by atoms with Crippen LogP contribution in [0.4, 0.5) is 0 Å². The maximum absolute atomic E-state index is 11.0. The van der Waals surface area contributed by atoms with Gasteiger partial charge in [-0.05, 0) is 53.1 Å². The SMILES string of the molecule is CS(=O)(=O)CCCC(NN)c1cccc(I)c1. The monoisotopic (exact) mass is 368 g/mol. The maximum atomic E-state index is 11.0. The van der Waals surface area contributed by atoms with Gasteiger partial charge in [-0.3, -0.25) is 11.3 Å². The van der Waals surface area contributed by atoms with E-state index in [1.165, 1.54) is 6.26 Å². The van der Waals surface area contributed by atoms with E-state index in [2.05, 4.69) is 28.0 Å². The Morgan fingerprint density at radius 3 is 2.71 bits per heavy atom. The Morgan fingerprint density at radius 1 is 1.47 bits per heavy atom. The lowest BCUT2D eigenvalue weighted by atomic mass is 10.0. The van der Waals surface area contributed by atoms with Crippen LogP contribution in [0.2, 0.25) is 0 Å². The van der Waals surface area contributed by atoms with Crippen LogP contribution in [0.25, 0.3) is 0 Å². The zero-order valence-corrected chi connectivity index (χ0v) is 12.7. The average molecular weight is 368 g/mol. The fourth-order valence-corrected chi connectivity index (χ4v) is 2.88. The first kappa shape index (κ1) is 14.9. The van der Waals surface area contributed by atoms with E-state index in [9.17, 15) is 8.42 Å². The van der Waals surface area contributed by atoms with Gasteiger partial charge in [-0.1, -0.05) is 12.1 Å². The second kappa shape index (κ2) is 6.67. The summed E-state index contributed by atoms with van der Waals surface area (Å²) < 4.78 is 23.2. The van der Waals surface area contributed by atoms with Crippen molar-refractivity contribution in [1.82, 2.24) is 5.43 Å². The maximum Gasteiger partial charge on any atom is 0.147 e. The standard InChI is InChI=1S/C11H17IN2O2S/c1-17(15,16)7-3-6-11(14-13)9-4-2-5-10(12)8-9/h2,4-5,8,11,14H,3,6-7,13H2,1H3. The van der Waals surface area contributed by atoms with Gasteiger partial charge in [0.15, 0.2) is 0 Å². The Labute approximate surface area is 116 Å². The van der Waals surface area contributed by atoms with Crippen LogP contribution in [-0.2, 0) is 9.84 Å². The van der Waals surface area contributed by atoms with Crippen LogP contribution < -0.4 is 11.3 Å². The highest BCUT2D eigenvalue weighted by atomic mass is 127. The third kappa shape index (κ3) is 5.80. The number of nitrogens with one attached hydrogen (secondary N) is 1. The Kier molecular flexibility index (Phi) is 5.84. The number of hydrogen-bond acceptors (Lipinski definition) is 4. The minimum atomic E-state index is -2.89. The van der Waals surface area contributed by atoms with Gasteiger partial charge in [0.05, 0.1) is 0 Å². The zero-order chi connectivity index (χ0) is 12.9. The van der Waals surface area contributed by atoms with Gasteiger partial charge in [-0.2, -0.15) is 0 Å². The molecule has 1 atom stereocenters. The highest BCUT2D eigenvalue weighted by Crippen LogP contribution is 2.19. The van der Waals surface area contributed by atoms with Crippen LogP contribution in [0.3, 0.4) is 0 Å². The van der Waals surface area contributed by atoms with Gasteiger partial charge in [0, 0.05) is 21.6 Å². The van der Waals surface area contributed by atoms with Gasteiger partial charge in [-0.25, -0.2) is 8.42 Å².